The van der Waals surface area contributed by atoms with Gasteiger partial charge in [-0.15, -0.1) is 0 Å². The van der Waals surface area contributed by atoms with E-state index in [9.17, 15) is 4.79 Å². The first-order chi connectivity index (χ1) is 6.75. The summed E-state index contributed by atoms with van der Waals surface area (Å²) in [7, 11) is 0. The van der Waals surface area contributed by atoms with Gasteiger partial charge in [-0.3, -0.25) is 4.79 Å². The third kappa shape index (κ3) is 0.869. The molecule has 14 heavy (non-hydrogen) atoms. The minimum absolute atomic E-state index is 0.0523. The zero-order valence-electron chi connectivity index (χ0n) is 7.95. The van der Waals surface area contributed by atoms with Crippen molar-refractivity contribution in [1.82, 2.24) is 0 Å². The van der Waals surface area contributed by atoms with Crippen molar-refractivity contribution < 1.29 is 4.79 Å². The number of hydrogen-bond acceptors (Lipinski definition) is 1. The molecule has 0 saturated carbocycles. The third-order valence-electron chi connectivity index (χ3n) is 2.92. The molecule has 0 saturated heterocycles. The Hall–Kier alpha value is -1.63. The Morgan fingerprint density at radius 3 is 2.93 bits per heavy atom. The first-order valence-electron chi connectivity index (χ1n) is 4.84. The van der Waals surface area contributed by atoms with Crippen LogP contribution in [0, 0.1) is 5.92 Å². The van der Waals surface area contributed by atoms with Crippen molar-refractivity contribution in [2.75, 3.05) is 0 Å². The Morgan fingerprint density at radius 2 is 2.07 bits per heavy atom. The Morgan fingerprint density at radius 1 is 1.21 bits per heavy atom. The predicted octanol–water partition coefficient (Wildman–Crippen LogP) is 1.11. The Kier molecular flexibility index (Phi) is 1.35. The molecule has 2 aliphatic rings. The van der Waals surface area contributed by atoms with Crippen LogP contribution in [0.25, 0.3) is 18.2 Å². The van der Waals surface area contributed by atoms with E-state index in [4.69, 9.17) is 0 Å². The third-order valence-corrected chi connectivity index (χ3v) is 2.92. The molecule has 0 aromatic heterocycles. The number of hydrogen-bond donors (Lipinski definition) is 0. The number of benzene rings is 1. The SMILES string of the molecule is CC1C=c2cc3c(cc2C1=O)=CC=C3. The second-order valence-corrected chi connectivity index (χ2v) is 3.91. The van der Waals surface area contributed by atoms with Crippen LogP contribution in [-0.2, 0) is 0 Å². The highest BCUT2D eigenvalue weighted by atomic mass is 16.1. The van der Waals surface area contributed by atoms with E-state index in [1.807, 2.05) is 31.2 Å². The largest absolute Gasteiger partial charge is 0.294 e. The highest BCUT2D eigenvalue weighted by molar-refractivity contribution is 6.04. The van der Waals surface area contributed by atoms with E-state index in [2.05, 4.69) is 12.1 Å². The van der Waals surface area contributed by atoms with Crippen molar-refractivity contribution in [1.29, 1.82) is 0 Å². The fourth-order valence-electron chi connectivity index (χ4n) is 2.14. The summed E-state index contributed by atoms with van der Waals surface area (Å²) in [5, 5.41) is 2.26. The fraction of sp³-hybridized carbons (Fsp3) is 0.154. The molecule has 68 valence electrons. The molecule has 1 aromatic rings. The van der Waals surface area contributed by atoms with Gasteiger partial charge in [0.25, 0.3) is 0 Å². The van der Waals surface area contributed by atoms with Gasteiger partial charge in [-0.05, 0) is 28.1 Å². The summed E-state index contributed by atoms with van der Waals surface area (Å²) in [6.07, 6.45) is 8.20. The van der Waals surface area contributed by atoms with Crippen LogP contribution in [0.3, 0.4) is 0 Å². The summed E-state index contributed by atoms with van der Waals surface area (Å²) in [5.41, 5.74) is 2.11. The Balaban J connectivity index is 2.39. The van der Waals surface area contributed by atoms with Crippen LogP contribution in [0.2, 0.25) is 0 Å². The molecule has 0 radical (unpaired) electrons. The average molecular weight is 182 g/mol. The van der Waals surface area contributed by atoms with Gasteiger partial charge in [0.15, 0.2) is 5.78 Å². The van der Waals surface area contributed by atoms with E-state index >= 15 is 0 Å². The number of ketones is 1. The molecule has 0 aliphatic heterocycles. The van der Waals surface area contributed by atoms with E-state index < -0.39 is 0 Å². The van der Waals surface area contributed by atoms with E-state index in [-0.39, 0.29) is 11.7 Å². The highest BCUT2D eigenvalue weighted by Gasteiger charge is 2.20. The first-order valence-corrected chi connectivity index (χ1v) is 4.84. The summed E-state index contributed by atoms with van der Waals surface area (Å²) in [6.45, 7) is 1.95. The molecule has 0 heterocycles. The fourth-order valence-corrected chi connectivity index (χ4v) is 2.14. The summed E-state index contributed by atoms with van der Waals surface area (Å²) >= 11 is 0. The van der Waals surface area contributed by atoms with E-state index in [1.165, 1.54) is 10.8 Å². The lowest BCUT2D eigenvalue weighted by molar-refractivity contribution is 0.0965. The molecule has 1 aromatic carbocycles. The van der Waals surface area contributed by atoms with Gasteiger partial charge in [0, 0.05) is 11.5 Å². The highest BCUT2D eigenvalue weighted by Crippen LogP contribution is 2.13. The summed E-state index contributed by atoms with van der Waals surface area (Å²) in [5.74, 6) is 0.305. The number of carbonyl (C=O) groups excluding carboxylic acids is 1. The number of rotatable bonds is 0. The maximum Gasteiger partial charge on any atom is 0.170 e. The monoisotopic (exact) mass is 182 g/mol. The number of allylic oxidation sites excluding steroid dienone is 1. The maximum atomic E-state index is 11.7. The molecule has 0 N–H and O–H groups in total. The molecule has 0 bridgehead atoms. The minimum atomic E-state index is 0.0523. The predicted molar refractivity (Wildman–Crippen MR) is 57.2 cm³/mol. The maximum absolute atomic E-state index is 11.7. The molecule has 0 amide bonds. The second kappa shape index (κ2) is 2.44. The van der Waals surface area contributed by atoms with E-state index in [1.54, 1.807) is 0 Å². The molecule has 2 aliphatic carbocycles. The standard InChI is InChI=1S/C13H10O/c1-8-5-11-6-9-3-2-4-10(9)7-12(11)13(8)14/h2-8H,1H3. The van der Waals surface area contributed by atoms with Crippen molar-refractivity contribution in [2.24, 2.45) is 5.92 Å². The van der Waals surface area contributed by atoms with Crippen molar-refractivity contribution in [3.05, 3.63) is 39.8 Å². The molecule has 1 heteroatoms. The second-order valence-electron chi connectivity index (χ2n) is 3.91. The van der Waals surface area contributed by atoms with Gasteiger partial charge in [0.1, 0.15) is 0 Å². The van der Waals surface area contributed by atoms with Crippen LogP contribution < -0.4 is 10.4 Å². The van der Waals surface area contributed by atoms with Gasteiger partial charge in [-0.1, -0.05) is 31.2 Å². The quantitative estimate of drug-likeness (QED) is 0.587. The van der Waals surface area contributed by atoms with Crippen LogP contribution in [0.15, 0.2) is 18.2 Å². The van der Waals surface area contributed by atoms with Crippen LogP contribution >= 0.6 is 0 Å². The van der Waals surface area contributed by atoms with Crippen molar-refractivity contribution in [3.8, 4) is 0 Å². The topological polar surface area (TPSA) is 17.1 Å². The molecule has 1 atom stereocenters. The molecule has 1 nitrogen and oxygen atoms in total. The Bertz CT molecular complexity index is 576. The van der Waals surface area contributed by atoms with Crippen LogP contribution in [0.5, 0.6) is 0 Å². The Labute approximate surface area is 82.1 Å². The lowest BCUT2D eigenvalue weighted by atomic mass is 10.1. The van der Waals surface area contributed by atoms with E-state index in [0.29, 0.717) is 0 Å². The van der Waals surface area contributed by atoms with Crippen LogP contribution in [0.1, 0.15) is 22.8 Å². The van der Waals surface area contributed by atoms with Crippen molar-refractivity contribution >= 4 is 24.0 Å². The lowest BCUT2D eigenvalue weighted by Gasteiger charge is -1.97. The van der Waals surface area contributed by atoms with E-state index in [0.717, 1.165) is 10.8 Å². The van der Waals surface area contributed by atoms with Gasteiger partial charge in [0.05, 0.1) is 0 Å². The normalized spacial score (nSPS) is 21.5. The van der Waals surface area contributed by atoms with Gasteiger partial charge < -0.3 is 0 Å². The van der Waals surface area contributed by atoms with Crippen molar-refractivity contribution in [2.45, 2.75) is 6.92 Å². The van der Waals surface area contributed by atoms with Gasteiger partial charge in [0.2, 0.25) is 0 Å². The lowest BCUT2D eigenvalue weighted by Crippen LogP contribution is -2.16. The average Bonchev–Trinajstić information content (AvgIpc) is 2.70. The van der Waals surface area contributed by atoms with Gasteiger partial charge in [-0.25, -0.2) is 0 Å². The summed E-state index contributed by atoms with van der Waals surface area (Å²) in [4.78, 5) is 11.7. The van der Waals surface area contributed by atoms with Crippen LogP contribution in [0.4, 0.5) is 0 Å². The summed E-state index contributed by atoms with van der Waals surface area (Å²) in [6, 6.07) is 4.11. The number of carbonyl (C=O) groups is 1. The summed E-state index contributed by atoms with van der Waals surface area (Å²) < 4.78 is 0. The van der Waals surface area contributed by atoms with Crippen LogP contribution in [-0.4, -0.2) is 5.78 Å². The molecular formula is C13H10O. The van der Waals surface area contributed by atoms with Gasteiger partial charge >= 0.3 is 0 Å². The molecule has 1 unspecified atom stereocenters. The zero-order valence-corrected chi connectivity index (χ0v) is 7.95. The van der Waals surface area contributed by atoms with Gasteiger partial charge in [-0.2, -0.15) is 0 Å². The molecule has 3 rings (SSSR count). The molecule has 0 fully saturated rings. The minimum Gasteiger partial charge on any atom is -0.294 e. The molecular weight excluding hydrogens is 172 g/mol. The zero-order chi connectivity index (χ0) is 9.71. The van der Waals surface area contributed by atoms with Crippen molar-refractivity contribution in [3.63, 3.8) is 0 Å². The smallest absolute Gasteiger partial charge is 0.170 e. The first kappa shape index (κ1) is 7.74. The molecule has 0 spiro atoms. The number of Topliss-reactive ketones (excluding diaryl/α,β-unsaturated/α-hetero) is 1. The number of fused-ring (bicyclic) bond motifs is 2.